The van der Waals surface area contributed by atoms with Crippen LogP contribution in [0.5, 0.6) is 5.75 Å². The van der Waals surface area contributed by atoms with Crippen LogP contribution in [0.15, 0.2) is 19.9 Å². The highest BCUT2D eigenvalue weighted by Gasteiger charge is 2.33. The molecule has 0 unspecified atom stereocenters. The Balaban J connectivity index is 3.16. The van der Waals surface area contributed by atoms with Crippen LogP contribution in [0, 0.1) is 0 Å². The van der Waals surface area contributed by atoms with Crippen molar-refractivity contribution in [2.75, 3.05) is 0 Å². The van der Waals surface area contributed by atoms with Crippen LogP contribution in [0.25, 0.3) is 0 Å². The van der Waals surface area contributed by atoms with Crippen LogP contribution in [0.4, 0.5) is 13.2 Å². The number of aromatic nitrogens is 1. The molecule has 0 bridgehead atoms. The summed E-state index contributed by atoms with van der Waals surface area (Å²) in [6, 6.07) is 0.936. The fourth-order valence-corrected chi connectivity index (χ4v) is 1.94. The first-order valence-electron chi connectivity index (χ1n) is 3.13. The number of nitrogens with one attached hydrogen (secondary N) is 1. The zero-order valence-electron chi connectivity index (χ0n) is 6.28. The van der Waals surface area contributed by atoms with Crippen molar-refractivity contribution >= 4 is 31.9 Å². The SMILES string of the molecule is O=c1cc(Br)c(OC(F)(F)F)c(Br)[nH]1. The van der Waals surface area contributed by atoms with Gasteiger partial charge in [-0.2, -0.15) is 0 Å². The Kier molecular flexibility index (Phi) is 3.25. The summed E-state index contributed by atoms with van der Waals surface area (Å²) in [6.45, 7) is 0. The summed E-state index contributed by atoms with van der Waals surface area (Å²) < 4.78 is 38.9. The first kappa shape index (κ1) is 11.6. The lowest BCUT2D eigenvalue weighted by molar-refractivity contribution is -0.275. The molecule has 0 atom stereocenters. The Labute approximate surface area is 92.5 Å². The maximum atomic E-state index is 11.8. The number of pyridine rings is 1. The largest absolute Gasteiger partial charge is 0.573 e. The fourth-order valence-electron chi connectivity index (χ4n) is 0.696. The van der Waals surface area contributed by atoms with Crippen LogP contribution < -0.4 is 10.3 Å². The number of halogens is 5. The minimum atomic E-state index is -4.80. The van der Waals surface area contributed by atoms with E-state index in [1.165, 1.54) is 0 Å². The molecule has 0 aliphatic carbocycles. The van der Waals surface area contributed by atoms with Crippen molar-refractivity contribution in [1.82, 2.24) is 4.98 Å². The van der Waals surface area contributed by atoms with Crippen molar-refractivity contribution in [3.63, 3.8) is 0 Å². The van der Waals surface area contributed by atoms with Crippen molar-refractivity contribution in [2.45, 2.75) is 6.36 Å². The van der Waals surface area contributed by atoms with E-state index in [9.17, 15) is 18.0 Å². The van der Waals surface area contributed by atoms with Crippen LogP contribution in [0.1, 0.15) is 0 Å². The molecule has 0 aliphatic rings. The highest BCUT2D eigenvalue weighted by atomic mass is 79.9. The van der Waals surface area contributed by atoms with Gasteiger partial charge in [0.2, 0.25) is 5.56 Å². The van der Waals surface area contributed by atoms with Crippen molar-refractivity contribution in [2.24, 2.45) is 0 Å². The highest BCUT2D eigenvalue weighted by molar-refractivity contribution is 9.11. The molecule has 0 saturated carbocycles. The lowest BCUT2D eigenvalue weighted by Crippen LogP contribution is -2.19. The van der Waals surface area contributed by atoms with Gasteiger partial charge in [0.25, 0.3) is 0 Å². The van der Waals surface area contributed by atoms with Gasteiger partial charge < -0.3 is 9.72 Å². The summed E-state index contributed by atoms with van der Waals surface area (Å²) >= 11 is 5.52. The molecule has 1 aromatic heterocycles. The van der Waals surface area contributed by atoms with Gasteiger partial charge in [-0.3, -0.25) is 4.79 Å². The third-order valence-corrected chi connectivity index (χ3v) is 2.27. The molecule has 0 radical (unpaired) electrons. The smallest absolute Gasteiger partial charge is 0.402 e. The summed E-state index contributed by atoms with van der Waals surface area (Å²) in [5.41, 5.74) is -0.543. The highest BCUT2D eigenvalue weighted by Crippen LogP contribution is 2.34. The maximum absolute atomic E-state index is 11.8. The molecule has 14 heavy (non-hydrogen) atoms. The molecule has 0 fully saturated rings. The van der Waals surface area contributed by atoms with Crippen LogP contribution in [-0.2, 0) is 0 Å². The second-order valence-corrected chi connectivity index (χ2v) is 3.82. The summed E-state index contributed by atoms with van der Waals surface area (Å²) in [4.78, 5) is 12.9. The Hall–Kier alpha value is -0.500. The van der Waals surface area contributed by atoms with Crippen molar-refractivity contribution < 1.29 is 17.9 Å². The van der Waals surface area contributed by atoms with E-state index in [-0.39, 0.29) is 9.08 Å². The second-order valence-electron chi connectivity index (χ2n) is 2.17. The molecule has 78 valence electrons. The molecule has 1 N–H and O–H groups in total. The van der Waals surface area contributed by atoms with Gasteiger partial charge in [0.1, 0.15) is 4.60 Å². The number of rotatable bonds is 1. The molecule has 8 heteroatoms. The number of hydrogen-bond acceptors (Lipinski definition) is 2. The molecule has 0 aliphatic heterocycles. The summed E-state index contributed by atoms with van der Waals surface area (Å²) in [5.74, 6) is -0.517. The monoisotopic (exact) mass is 335 g/mol. The van der Waals surface area contributed by atoms with Crippen molar-refractivity contribution in [3.05, 3.63) is 25.5 Å². The topological polar surface area (TPSA) is 42.1 Å². The van der Waals surface area contributed by atoms with Crippen LogP contribution >= 0.6 is 31.9 Å². The number of H-pyrrole nitrogens is 1. The van der Waals surface area contributed by atoms with E-state index in [4.69, 9.17) is 0 Å². The van der Waals surface area contributed by atoms with Gasteiger partial charge in [-0.1, -0.05) is 0 Å². The molecule has 3 nitrogen and oxygen atoms in total. The minimum Gasteiger partial charge on any atom is -0.402 e. The molecule has 0 amide bonds. The lowest BCUT2D eigenvalue weighted by atomic mass is 10.4. The first-order valence-corrected chi connectivity index (χ1v) is 4.72. The van der Waals surface area contributed by atoms with E-state index in [1.807, 2.05) is 0 Å². The molecule has 1 rings (SSSR count). The van der Waals surface area contributed by atoms with Crippen LogP contribution in [-0.4, -0.2) is 11.3 Å². The minimum absolute atomic E-state index is 0.0783. The first-order chi connectivity index (χ1) is 6.29. The standard InChI is InChI=1S/C6H2Br2F3NO2/c7-2-1-3(13)12-5(8)4(2)14-6(9,10)11/h1H,(H,12,13). The normalized spacial score (nSPS) is 11.5. The van der Waals surface area contributed by atoms with Gasteiger partial charge in [-0.25, -0.2) is 0 Å². The number of ether oxygens (including phenoxy) is 1. The predicted molar refractivity (Wildman–Crippen MR) is 49.1 cm³/mol. The van der Waals surface area contributed by atoms with E-state index >= 15 is 0 Å². The van der Waals surface area contributed by atoms with Crippen molar-refractivity contribution in [1.29, 1.82) is 0 Å². The van der Waals surface area contributed by atoms with E-state index in [2.05, 4.69) is 41.6 Å². The summed E-state index contributed by atoms with van der Waals surface area (Å²) in [7, 11) is 0. The number of hydrogen-bond donors (Lipinski definition) is 1. The quantitative estimate of drug-likeness (QED) is 0.801. The predicted octanol–water partition coefficient (Wildman–Crippen LogP) is 2.80. The molecule has 0 saturated heterocycles. The van der Waals surface area contributed by atoms with Gasteiger partial charge in [0.15, 0.2) is 5.75 Å². The van der Waals surface area contributed by atoms with E-state index in [0.717, 1.165) is 6.07 Å². The van der Waals surface area contributed by atoms with E-state index < -0.39 is 17.7 Å². The van der Waals surface area contributed by atoms with Crippen LogP contribution in [0.3, 0.4) is 0 Å². The summed E-state index contributed by atoms with van der Waals surface area (Å²) in [5, 5.41) is 0. The lowest BCUT2D eigenvalue weighted by Gasteiger charge is -2.11. The zero-order chi connectivity index (χ0) is 10.9. The Morgan fingerprint density at radius 1 is 1.36 bits per heavy atom. The second kappa shape index (κ2) is 3.93. The van der Waals surface area contributed by atoms with Gasteiger partial charge in [-0.15, -0.1) is 13.2 Å². The van der Waals surface area contributed by atoms with Gasteiger partial charge in [0.05, 0.1) is 4.47 Å². The molecule has 1 aromatic rings. The number of aromatic amines is 1. The van der Waals surface area contributed by atoms with Gasteiger partial charge >= 0.3 is 6.36 Å². The van der Waals surface area contributed by atoms with E-state index in [1.54, 1.807) is 0 Å². The third kappa shape index (κ3) is 3.02. The van der Waals surface area contributed by atoms with Crippen LogP contribution in [0.2, 0.25) is 0 Å². The van der Waals surface area contributed by atoms with E-state index in [0.29, 0.717) is 0 Å². The Morgan fingerprint density at radius 2 is 1.93 bits per heavy atom. The average Bonchev–Trinajstić information content (AvgIpc) is 1.95. The average molecular weight is 337 g/mol. The molecule has 1 heterocycles. The Morgan fingerprint density at radius 3 is 2.36 bits per heavy atom. The molecular formula is C6H2Br2F3NO2. The maximum Gasteiger partial charge on any atom is 0.573 e. The van der Waals surface area contributed by atoms with Gasteiger partial charge in [0, 0.05) is 6.07 Å². The Bertz CT molecular complexity index is 375. The molecule has 0 spiro atoms. The third-order valence-electron chi connectivity index (χ3n) is 1.12. The molecular weight excluding hydrogens is 335 g/mol. The molecule has 0 aromatic carbocycles. The number of alkyl halides is 3. The summed E-state index contributed by atoms with van der Waals surface area (Å²) in [6.07, 6.45) is -4.80. The zero-order valence-corrected chi connectivity index (χ0v) is 9.46. The fraction of sp³-hybridized carbons (Fsp3) is 0.167. The van der Waals surface area contributed by atoms with Gasteiger partial charge in [-0.05, 0) is 31.9 Å². The van der Waals surface area contributed by atoms with Crippen molar-refractivity contribution in [3.8, 4) is 5.75 Å².